The molecule has 0 radical (unpaired) electrons. The van der Waals surface area contributed by atoms with Gasteiger partial charge in [0.15, 0.2) is 0 Å². The quantitative estimate of drug-likeness (QED) is 0.663. The van der Waals surface area contributed by atoms with E-state index < -0.39 is 0 Å². The van der Waals surface area contributed by atoms with Crippen LogP contribution in [0.25, 0.3) is 0 Å². The summed E-state index contributed by atoms with van der Waals surface area (Å²) in [5, 5.41) is 2.65. The maximum absolute atomic E-state index is 12.2. The lowest BCUT2D eigenvalue weighted by Gasteiger charge is -2.14. The predicted molar refractivity (Wildman–Crippen MR) is 74.9 cm³/mol. The van der Waals surface area contributed by atoms with E-state index >= 15 is 0 Å². The zero-order chi connectivity index (χ0) is 14.8. The van der Waals surface area contributed by atoms with Crippen LogP contribution in [0, 0.1) is 11.8 Å². The first-order chi connectivity index (χ1) is 10.2. The monoisotopic (exact) mass is 285 g/mol. The molecule has 1 saturated heterocycles. The SMILES string of the molecule is O=C(CN1C(=O)[C@@H]2CC=CC[C@H]2C1=O)Nc1ccncc1. The van der Waals surface area contributed by atoms with E-state index in [0.717, 1.165) is 4.90 Å². The summed E-state index contributed by atoms with van der Waals surface area (Å²) in [4.78, 5) is 41.3. The maximum Gasteiger partial charge on any atom is 0.244 e. The number of fused-ring (bicyclic) bond motifs is 1. The fourth-order valence-corrected chi connectivity index (χ4v) is 2.80. The number of hydrogen-bond acceptors (Lipinski definition) is 4. The van der Waals surface area contributed by atoms with E-state index in [1.165, 1.54) is 0 Å². The zero-order valence-corrected chi connectivity index (χ0v) is 11.4. The molecule has 0 aromatic carbocycles. The summed E-state index contributed by atoms with van der Waals surface area (Å²) in [6.45, 7) is -0.229. The van der Waals surface area contributed by atoms with E-state index in [2.05, 4.69) is 10.3 Å². The minimum atomic E-state index is -0.380. The lowest BCUT2D eigenvalue weighted by Crippen LogP contribution is -2.38. The molecule has 3 amide bonds. The second kappa shape index (κ2) is 5.47. The second-order valence-corrected chi connectivity index (χ2v) is 5.20. The molecule has 21 heavy (non-hydrogen) atoms. The van der Waals surface area contributed by atoms with E-state index in [1.807, 2.05) is 12.2 Å². The summed E-state index contributed by atoms with van der Waals surface area (Å²) < 4.78 is 0. The molecule has 0 spiro atoms. The fraction of sp³-hybridized carbons (Fsp3) is 0.333. The van der Waals surface area contributed by atoms with Gasteiger partial charge < -0.3 is 5.32 Å². The molecule has 3 rings (SSSR count). The molecule has 1 aliphatic heterocycles. The number of rotatable bonds is 3. The van der Waals surface area contributed by atoms with Gasteiger partial charge >= 0.3 is 0 Å². The van der Waals surface area contributed by atoms with Crippen LogP contribution in [0.5, 0.6) is 0 Å². The van der Waals surface area contributed by atoms with Crippen molar-refractivity contribution in [2.45, 2.75) is 12.8 Å². The Morgan fingerprint density at radius 3 is 2.29 bits per heavy atom. The molecule has 1 aliphatic carbocycles. The van der Waals surface area contributed by atoms with Gasteiger partial charge in [0.1, 0.15) is 6.54 Å². The number of carbonyl (C=O) groups is 3. The van der Waals surface area contributed by atoms with Crippen LogP contribution in [-0.4, -0.2) is 34.2 Å². The normalized spacial score (nSPS) is 24.1. The lowest BCUT2D eigenvalue weighted by atomic mass is 9.85. The van der Waals surface area contributed by atoms with Gasteiger partial charge in [-0.15, -0.1) is 0 Å². The highest BCUT2D eigenvalue weighted by Gasteiger charge is 2.47. The molecule has 1 fully saturated rings. The Morgan fingerprint density at radius 2 is 1.71 bits per heavy atom. The highest BCUT2D eigenvalue weighted by Crippen LogP contribution is 2.34. The number of nitrogens with one attached hydrogen (secondary N) is 1. The summed E-state index contributed by atoms with van der Waals surface area (Å²) >= 11 is 0. The minimum absolute atomic E-state index is 0.229. The Labute approximate surface area is 121 Å². The van der Waals surface area contributed by atoms with E-state index in [-0.39, 0.29) is 36.1 Å². The van der Waals surface area contributed by atoms with Gasteiger partial charge in [-0.3, -0.25) is 24.3 Å². The van der Waals surface area contributed by atoms with Crippen molar-refractivity contribution >= 4 is 23.4 Å². The summed E-state index contributed by atoms with van der Waals surface area (Å²) in [6.07, 6.45) is 8.12. The summed E-state index contributed by atoms with van der Waals surface area (Å²) in [5.74, 6) is -1.44. The van der Waals surface area contributed by atoms with E-state index in [1.54, 1.807) is 24.5 Å². The van der Waals surface area contributed by atoms with Crippen molar-refractivity contribution in [3.05, 3.63) is 36.7 Å². The Morgan fingerprint density at radius 1 is 1.14 bits per heavy atom. The molecule has 0 bridgehead atoms. The van der Waals surface area contributed by atoms with Gasteiger partial charge in [0.05, 0.1) is 11.8 Å². The number of amides is 3. The molecular weight excluding hydrogens is 270 g/mol. The van der Waals surface area contributed by atoms with Gasteiger partial charge in [-0.25, -0.2) is 0 Å². The molecule has 1 N–H and O–H groups in total. The zero-order valence-electron chi connectivity index (χ0n) is 11.4. The first-order valence-corrected chi connectivity index (χ1v) is 6.87. The summed E-state index contributed by atoms with van der Waals surface area (Å²) in [5.41, 5.74) is 0.591. The van der Waals surface area contributed by atoms with Crippen molar-refractivity contribution in [3.63, 3.8) is 0 Å². The van der Waals surface area contributed by atoms with Crippen LogP contribution in [0.3, 0.4) is 0 Å². The number of nitrogens with zero attached hydrogens (tertiary/aromatic N) is 2. The third-order valence-corrected chi connectivity index (χ3v) is 3.86. The van der Waals surface area contributed by atoms with Gasteiger partial charge in [0, 0.05) is 18.1 Å². The van der Waals surface area contributed by atoms with Crippen molar-refractivity contribution in [3.8, 4) is 0 Å². The largest absolute Gasteiger partial charge is 0.324 e. The third kappa shape index (κ3) is 2.56. The first kappa shape index (κ1) is 13.5. The standard InChI is InChI=1S/C15H15N3O3/c19-13(17-10-5-7-16-8-6-10)9-18-14(20)11-3-1-2-4-12(11)15(18)21/h1-2,5-8,11-12H,3-4,9H2,(H,16,17,19)/t11-,12-/m1/s1. The van der Waals surface area contributed by atoms with Crippen LogP contribution in [0.2, 0.25) is 0 Å². The van der Waals surface area contributed by atoms with Crippen LogP contribution < -0.4 is 5.32 Å². The topological polar surface area (TPSA) is 79.4 Å². The van der Waals surface area contributed by atoms with E-state index in [4.69, 9.17) is 0 Å². The second-order valence-electron chi connectivity index (χ2n) is 5.20. The number of carbonyl (C=O) groups excluding carboxylic acids is 3. The number of aromatic nitrogens is 1. The molecule has 2 aliphatic rings. The van der Waals surface area contributed by atoms with E-state index in [0.29, 0.717) is 18.5 Å². The molecule has 2 heterocycles. The minimum Gasteiger partial charge on any atom is -0.324 e. The molecule has 6 heteroatoms. The Balaban J connectivity index is 1.66. The molecule has 108 valence electrons. The van der Waals surface area contributed by atoms with Crippen molar-refractivity contribution in [2.75, 3.05) is 11.9 Å². The van der Waals surface area contributed by atoms with Crippen LogP contribution in [0.1, 0.15) is 12.8 Å². The summed E-state index contributed by atoms with van der Waals surface area (Å²) in [7, 11) is 0. The van der Waals surface area contributed by atoms with Gasteiger partial charge in [0.2, 0.25) is 17.7 Å². The Hall–Kier alpha value is -2.50. The van der Waals surface area contributed by atoms with Crippen molar-refractivity contribution in [2.24, 2.45) is 11.8 Å². The number of allylic oxidation sites excluding steroid dienone is 2. The molecule has 1 aromatic rings. The Bertz CT molecular complexity index is 586. The van der Waals surface area contributed by atoms with Gasteiger partial charge in [-0.1, -0.05) is 12.2 Å². The maximum atomic E-state index is 12.2. The highest BCUT2D eigenvalue weighted by molar-refractivity contribution is 6.08. The van der Waals surface area contributed by atoms with Crippen LogP contribution in [0.15, 0.2) is 36.7 Å². The number of pyridine rings is 1. The average molecular weight is 285 g/mol. The molecule has 2 atom stereocenters. The van der Waals surface area contributed by atoms with E-state index in [9.17, 15) is 14.4 Å². The predicted octanol–water partition coefficient (Wildman–Crippen LogP) is 0.971. The smallest absolute Gasteiger partial charge is 0.244 e. The molecule has 0 unspecified atom stereocenters. The number of imide groups is 1. The lowest BCUT2D eigenvalue weighted by molar-refractivity contribution is -0.142. The highest BCUT2D eigenvalue weighted by atomic mass is 16.2. The molecule has 1 aromatic heterocycles. The van der Waals surface area contributed by atoms with Crippen molar-refractivity contribution in [1.82, 2.24) is 9.88 Å². The molecule has 6 nitrogen and oxygen atoms in total. The van der Waals surface area contributed by atoms with Gasteiger partial charge in [0.25, 0.3) is 0 Å². The van der Waals surface area contributed by atoms with Crippen LogP contribution >= 0.6 is 0 Å². The molecular formula is C15H15N3O3. The molecule has 0 saturated carbocycles. The van der Waals surface area contributed by atoms with Crippen molar-refractivity contribution in [1.29, 1.82) is 0 Å². The number of likely N-dealkylation sites (tertiary alicyclic amines) is 1. The summed E-state index contributed by atoms with van der Waals surface area (Å²) in [6, 6.07) is 3.30. The third-order valence-electron chi connectivity index (χ3n) is 3.86. The average Bonchev–Trinajstić information content (AvgIpc) is 2.74. The van der Waals surface area contributed by atoms with Crippen molar-refractivity contribution < 1.29 is 14.4 Å². The number of anilines is 1. The van der Waals surface area contributed by atoms with Gasteiger partial charge in [-0.2, -0.15) is 0 Å². The fourth-order valence-electron chi connectivity index (χ4n) is 2.80. The first-order valence-electron chi connectivity index (χ1n) is 6.87. The number of hydrogen-bond donors (Lipinski definition) is 1. The van der Waals surface area contributed by atoms with Crippen LogP contribution in [-0.2, 0) is 14.4 Å². The van der Waals surface area contributed by atoms with Gasteiger partial charge in [-0.05, 0) is 25.0 Å². The Kier molecular flexibility index (Phi) is 3.51. The van der Waals surface area contributed by atoms with Crippen LogP contribution in [0.4, 0.5) is 5.69 Å².